The van der Waals surface area contributed by atoms with E-state index in [1.807, 2.05) is 19.1 Å². The topological polar surface area (TPSA) is 30.8 Å². The molecule has 2 atom stereocenters. The Morgan fingerprint density at radius 1 is 1.15 bits per heavy atom. The summed E-state index contributed by atoms with van der Waals surface area (Å²) in [5.41, 5.74) is 2.83. The highest BCUT2D eigenvalue weighted by Gasteiger charge is 2.39. The molecule has 1 aliphatic carbocycles. The maximum Gasteiger partial charge on any atom is 0.158 e. The van der Waals surface area contributed by atoms with E-state index in [-0.39, 0.29) is 18.8 Å². The summed E-state index contributed by atoms with van der Waals surface area (Å²) in [5, 5.41) is 4.40. The van der Waals surface area contributed by atoms with E-state index in [1.165, 1.54) is 29.3 Å². The van der Waals surface area contributed by atoms with Gasteiger partial charge < -0.3 is 9.57 Å². The molecule has 0 bridgehead atoms. The fraction of sp³-hybridized carbons (Fsp3) is 0.381. The van der Waals surface area contributed by atoms with Crippen LogP contribution in [-0.2, 0) is 22.6 Å². The molecule has 0 fully saturated rings. The molecule has 2 aliphatic rings. The highest BCUT2D eigenvalue weighted by atomic mass is 19.1. The smallest absolute Gasteiger partial charge is 0.158 e. The van der Waals surface area contributed by atoms with Crippen molar-refractivity contribution in [3.63, 3.8) is 0 Å². The molecule has 0 amide bonds. The van der Waals surface area contributed by atoms with Crippen molar-refractivity contribution in [2.24, 2.45) is 11.1 Å². The molecule has 5 heteroatoms. The van der Waals surface area contributed by atoms with E-state index in [1.54, 1.807) is 0 Å². The Hall–Kier alpha value is -2.27. The predicted octanol–water partition coefficient (Wildman–Crippen LogP) is 4.63. The summed E-state index contributed by atoms with van der Waals surface area (Å²) >= 11 is 0. The SMILES string of the molecule is CC1(COCc2c(F)cccc2F)CC2CCc3ccccc3C2=NO1. The number of ether oxygens (including phenoxy) is 1. The number of oxime groups is 1. The lowest BCUT2D eigenvalue weighted by atomic mass is 9.76. The van der Waals surface area contributed by atoms with Crippen LogP contribution < -0.4 is 0 Å². The number of fused-ring (bicyclic) bond motifs is 3. The van der Waals surface area contributed by atoms with Gasteiger partial charge in [0.05, 0.1) is 18.9 Å². The van der Waals surface area contributed by atoms with Crippen LogP contribution in [0.4, 0.5) is 8.78 Å². The zero-order valence-electron chi connectivity index (χ0n) is 14.7. The van der Waals surface area contributed by atoms with Crippen molar-refractivity contribution >= 4 is 5.71 Å². The van der Waals surface area contributed by atoms with Gasteiger partial charge in [0.25, 0.3) is 0 Å². The van der Waals surface area contributed by atoms with Gasteiger partial charge in [-0.25, -0.2) is 8.78 Å². The molecule has 136 valence electrons. The first kappa shape index (κ1) is 17.2. The van der Waals surface area contributed by atoms with Crippen LogP contribution in [0.3, 0.4) is 0 Å². The molecule has 1 heterocycles. The number of nitrogens with zero attached hydrogens (tertiary/aromatic N) is 1. The molecule has 0 radical (unpaired) electrons. The zero-order valence-corrected chi connectivity index (χ0v) is 14.7. The minimum atomic E-state index is -0.595. The molecule has 4 rings (SSSR count). The van der Waals surface area contributed by atoms with Gasteiger partial charge in [-0.1, -0.05) is 35.5 Å². The summed E-state index contributed by atoms with van der Waals surface area (Å²) in [5.74, 6) is -0.870. The Morgan fingerprint density at radius 3 is 2.73 bits per heavy atom. The minimum absolute atomic E-state index is 0.0531. The van der Waals surface area contributed by atoms with E-state index in [4.69, 9.17) is 9.57 Å². The number of rotatable bonds is 4. The van der Waals surface area contributed by atoms with E-state index >= 15 is 0 Å². The quantitative estimate of drug-likeness (QED) is 0.799. The second kappa shape index (κ2) is 6.80. The van der Waals surface area contributed by atoms with Crippen LogP contribution in [0.1, 0.15) is 36.5 Å². The van der Waals surface area contributed by atoms with Crippen molar-refractivity contribution < 1.29 is 18.4 Å². The molecule has 0 N–H and O–H groups in total. The Labute approximate surface area is 151 Å². The zero-order chi connectivity index (χ0) is 18.1. The van der Waals surface area contributed by atoms with E-state index in [2.05, 4.69) is 17.3 Å². The van der Waals surface area contributed by atoms with Gasteiger partial charge in [-0.15, -0.1) is 0 Å². The van der Waals surface area contributed by atoms with E-state index < -0.39 is 17.2 Å². The Morgan fingerprint density at radius 2 is 1.92 bits per heavy atom. The summed E-state index contributed by atoms with van der Waals surface area (Å²) in [4.78, 5) is 5.77. The summed E-state index contributed by atoms with van der Waals surface area (Å²) in [6.45, 7) is 2.04. The molecule has 0 aromatic heterocycles. The molecule has 3 nitrogen and oxygen atoms in total. The average molecular weight is 357 g/mol. The highest BCUT2D eigenvalue weighted by molar-refractivity contribution is 6.04. The van der Waals surface area contributed by atoms with Gasteiger partial charge in [0.2, 0.25) is 0 Å². The molecule has 0 spiro atoms. The van der Waals surface area contributed by atoms with Crippen molar-refractivity contribution in [2.45, 2.75) is 38.4 Å². The summed E-state index contributed by atoms with van der Waals surface area (Å²) in [6, 6.07) is 12.1. The van der Waals surface area contributed by atoms with E-state index in [0.29, 0.717) is 5.92 Å². The number of aryl methyl sites for hydroxylation is 1. The third kappa shape index (κ3) is 3.23. The number of hydrogen-bond donors (Lipinski definition) is 0. The molecule has 0 saturated heterocycles. The first-order valence-electron chi connectivity index (χ1n) is 8.91. The highest BCUT2D eigenvalue weighted by Crippen LogP contribution is 2.37. The van der Waals surface area contributed by atoms with Gasteiger partial charge in [-0.05, 0) is 37.5 Å². The molecule has 2 aromatic carbocycles. The molecule has 1 aliphatic heterocycles. The van der Waals surface area contributed by atoms with Crippen molar-refractivity contribution in [3.05, 3.63) is 70.8 Å². The molecule has 26 heavy (non-hydrogen) atoms. The van der Waals surface area contributed by atoms with E-state index in [0.717, 1.165) is 25.0 Å². The Kier molecular flexibility index (Phi) is 4.49. The molecule has 0 saturated carbocycles. The standard InChI is InChI=1S/C21H21F2NO2/c1-21(13-25-12-17-18(22)7-4-8-19(17)23)11-15-10-9-14-5-2-3-6-16(14)20(15)24-26-21/h2-8,15H,9-13H2,1H3. The van der Waals surface area contributed by atoms with Gasteiger partial charge in [-0.2, -0.15) is 0 Å². The maximum absolute atomic E-state index is 13.7. The third-order valence-electron chi connectivity index (χ3n) is 5.20. The molecular weight excluding hydrogens is 336 g/mol. The van der Waals surface area contributed by atoms with Gasteiger partial charge in [0.1, 0.15) is 11.6 Å². The Balaban J connectivity index is 1.44. The first-order valence-corrected chi connectivity index (χ1v) is 8.91. The third-order valence-corrected chi connectivity index (χ3v) is 5.20. The van der Waals surface area contributed by atoms with Crippen molar-refractivity contribution in [1.29, 1.82) is 0 Å². The lowest BCUT2D eigenvalue weighted by Crippen LogP contribution is -2.42. The van der Waals surface area contributed by atoms with Crippen LogP contribution in [0.5, 0.6) is 0 Å². The van der Waals surface area contributed by atoms with Crippen LogP contribution in [0.2, 0.25) is 0 Å². The fourth-order valence-electron chi connectivity index (χ4n) is 3.84. The number of hydrogen-bond acceptors (Lipinski definition) is 3. The molecule has 2 aromatic rings. The maximum atomic E-state index is 13.7. The average Bonchev–Trinajstić information content (AvgIpc) is 2.64. The van der Waals surface area contributed by atoms with Crippen LogP contribution >= 0.6 is 0 Å². The number of halogens is 2. The van der Waals surface area contributed by atoms with Crippen LogP contribution in [0.25, 0.3) is 0 Å². The van der Waals surface area contributed by atoms with Crippen LogP contribution in [0, 0.1) is 17.6 Å². The molecular formula is C21H21F2NO2. The largest absolute Gasteiger partial charge is 0.387 e. The lowest BCUT2D eigenvalue weighted by Gasteiger charge is -2.38. The minimum Gasteiger partial charge on any atom is -0.387 e. The second-order valence-electron chi connectivity index (χ2n) is 7.31. The van der Waals surface area contributed by atoms with E-state index in [9.17, 15) is 8.78 Å². The monoisotopic (exact) mass is 357 g/mol. The fourth-order valence-corrected chi connectivity index (χ4v) is 3.84. The lowest BCUT2D eigenvalue weighted by molar-refractivity contribution is -0.108. The van der Waals surface area contributed by atoms with Crippen molar-refractivity contribution in [3.8, 4) is 0 Å². The van der Waals surface area contributed by atoms with Crippen LogP contribution in [-0.4, -0.2) is 17.9 Å². The van der Waals surface area contributed by atoms with Gasteiger partial charge in [0, 0.05) is 23.5 Å². The van der Waals surface area contributed by atoms with Gasteiger partial charge >= 0.3 is 0 Å². The Bertz CT molecular complexity index is 831. The van der Waals surface area contributed by atoms with Gasteiger partial charge in [-0.3, -0.25) is 0 Å². The number of benzene rings is 2. The first-order chi connectivity index (χ1) is 12.6. The summed E-state index contributed by atoms with van der Waals surface area (Å²) < 4.78 is 33.0. The second-order valence-corrected chi connectivity index (χ2v) is 7.31. The van der Waals surface area contributed by atoms with Crippen molar-refractivity contribution in [2.75, 3.05) is 6.61 Å². The summed E-state index contributed by atoms with van der Waals surface area (Å²) in [7, 11) is 0. The molecule has 2 unspecified atom stereocenters. The van der Waals surface area contributed by atoms with Gasteiger partial charge in [0.15, 0.2) is 5.60 Å². The summed E-state index contributed by atoms with van der Waals surface area (Å²) in [6.07, 6.45) is 2.83. The van der Waals surface area contributed by atoms with Crippen molar-refractivity contribution in [1.82, 2.24) is 0 Å². The normalized spacial score (nSPS) is 24.3. The van der Waals surface area contributed by atoms with Crippen LogP contribution in [0.15, 0.2) is 47.6 Å². The predicted molar refractivity (Wildman–Crippen MR) is 94.9 cm³/mol.